The Kier molecular flexibility index (Phi) is 4.18. The van der Waals surface area contributed by atoms with E-state index in [1.165, 1.54) is 12.1 Å². The van der Waals surface area contributed by atoms with E-state index in [-0.39, 0.29) is 17.9 Å². The molecule has 2 amide bonds. The Labute approximate surface area is 164 Å². The van der Waals surface area contributed by atoms with E-state index in [9.17, 15) is 9.59 Å². The van der Waals surface area contributed by atoms with E-state index < -0.39 is 0 Å². The third kappa shape index (κ3) is 2.72. The molecule has 2 fully saturated rings. The van der Waals surface area contributed by atoms with Gasteiger partial charge in [0.25, 0.3) is 11.8 Å². The predicted molar refractivity (Wildman–Crippen MR) is 103 cm³/mol. The average Bonchev–Trinajstić information content (AvgIpc) is 3.41. The summed E-state index contributed by atoms with van der Waals surface area (Å²) < 4.78 is 1.89. The monoisotopic (exact) mass is 379 g/mol. The number of aryl methyl sites for hydroxylation is 1. The van der Waals surface area contributed by atoms with Crippen LogP contribution < -0.4 is 0 Å². The normalized spacial score (nSPS) is 23.6. The van der Waals surface area contributed by atoms with E-state index in [2.05, 4.69) is 10.1 Å². The summed E-state index contributed by atoms with van der Waals surface area (Å²) in [6, 6.07) is 3.69. The van der Waals surface area contributed by atoms with Crippen molar-refractivity contribution in [1.82, 2.24) is 24.6 Å². The second kappa shape index (κ2) is 6.72. The number of rotatable bonds is 2. The van der Waals surface area contributed by atoms with Gasteiger partial charge >= 0.3 is 0 Å². The van der Waals surface area contributed by atoms with E-state index in [0.29, 0.717) is 30.3 Å². The highest BCUT2D eigenvalue weighted by molar-refractivity contribution is 5.96. The highest BCUT2D eigenvalue weighted by Gasteiger charge is 2.45. The van der Waals surface area contributed by atoms with Gasteiger partial charge in [0.2, 0.25) is 0 Å². The lowest BCUT2D eigenvalue weighted by molar-refractivity contribution is 0.0686. The van der Waals surface area contributed by atoms with Crippen LogP contribution in [0.25, 0.3) is 0 Å². The van der Waals surface area contributed by atoms with Crippen molar-refractivity contribution in [3.05, 3.63) is 47.0 Å². The van der Waals surface area contributed by atoms with Crippen molar-refractivity contribution < 1.29 is 9.59 Å². The van der Waals surface area contributed by atoms with Crippen molar-refractivity contribution in [1.29, 1.82) is 0 Å². The zero-order valence-electron chi connectivity index (χ0n) is 16.2. The van der Waals surface area contributed by atoms with Gasteiger partial charge in [-0.25, -0.2) is 0 Å². The van der Waals surface area contributed by atoms with Crippen LogP contribution >= 0.6 is 0 Å². The Balaban J connectivity index is 1.35. The molecule has 5 rings (SSSR count). The van der Waals surface area contributed by atoms with Crippen LogP contribution in [0.4, 0.5) is 0 Å². The molecular formula is C21H25N5O2. The quantitative estimate of drug-likeness (QED) is 0.796. The molecule has 28 heavy (non-hydrogen) atoms. The standard InChI is InChI=1S/C21H25N5O2/c1-24-17-7-3-2-6-16(17)19(23-24)21(28)25-12-15-8-10-26(18(15)13-25)20(27)14-5-4-9-22-11-14/h4-5,9,11,15,18H,2-3,6-8,10,12-13H2,1H3/t15-,18+/m0/s1. The minimum atomic E-state index is 0.0186. The van der Waals surface area contributed by atoms with E-state index in [4.69, 9.17) is 0 Å². The number of hydrogen-bond donors (Lipinski definition) is 0. The smallest absolute Gasteiger partial charge is 0.274 e. The zero-order chi connectivity index (χ0) is 19.3. The SMILES string of the molecule is Cn1nc(C(=O)N2C[C@@H]3CCN(C(=O)c4cccnc4)[C@@H]3C2)c2c1CCCC2. The van der Waals surface area contributed by atoms with Crippen LogP contribution in [0.15, 0.2) is 24.5 Å². The lowest BCUT2D eigenvalue weighted by Gasteiger charge is -2.25. The molecular weight excluding hydrogens is 354 g/mol. The maximum atomic E-state index is 13.2. The molecule has 7 heteroatoms. The molecule has 0 bridgehead atoms. The highest BCUT2D eigenvalue weighted by atomic mass is 16.2. The van der Waals surface area contributed by atoms with Gasteiger partial charge in [-0.3, -0.25) is 19.3 Å². The molecule has 0 N–H and O–H groups in total. The van der Waals surface area contributed by atoms with E-state index >= 15 is 0 Å². The highest BCUT2D eigenvalue weighted by Crippen LogP contribution is 2.34. The van der Waals surface area contributed by atoms with Gasteiger partial charge in [0.05, 0.1) is 11.6 Å². The Bertz CT molecular complexity index is 922. The Morgan fingerprint density at radius 3 is 2.82 bits per heavy atom. The molecule has 2 atom stereocenters. The summed E-state index contributed by atoms with van der Waals surface area (Å²) in [4.78, 5) is 34.1. The fourth-order valence-electron chi connectivity index (χ4n) is 5.13. The van der Waals surface area contributed by atoms with Crippen LogP contribution in [-0.4, -0.2) is 62.1 Å². The molecule has 2 saturated heterocycles. The Morgan fingerprint density at radius 1 is 1.14 bits per heavy atom. The summed E-state index contributed by atoms with van der Waals surface area (Å²) in [5.74, 6) is 0.399. The first kappa shape index (κ1) is 17.4. The molecule has 2 aromatic heterocycles. The zero-order valence-corrected chi connectivity index (χ0v) is 16.2. The molecule has 0 aromatic carbocycles. The summed E-state index contributed by atoms with van der Waals surface area (Å²) in [5.41, 5.74) is 3.59. The molecule has 2 aliphatic heterocycles. The molecule has 0 saturated carbocycles. The maximum absolute atomic E-state index is 13.2. The van der Waals surface area contributed by atoms with E-state index in [0.717, 1.165) is 37.8 Å². The van der Waals surface area contributed by atoms with Gasteiger partial charge in [-0.1, -0.05) is 0 Å². The summed E-state index contributed by atoms with van der Waals surface area (Å²) in [6.07, 6.45) is 8.47. The molecule has 3 aliphatic rings. The number of carbonyl (C=O) groups is 2. The number of nitrogens with zero attached hydrogens (tertiary/aromatic N) is 5. The van der Waals surface area contributed by atoms with Crippen LogP contribution in [0.1, 0.15) is 51.4 Å². The number of fused-ring (bicyclic) bond motifs is 2. The molecule has 4 heterocycles. The van der Waals surface area contributed by atoms with Gasteiger partial charge in [0.1, 0.15) is 0 Å². The summed E-state index contributed by atoms with van der Waals surface area (Å²) in [6.45, 7) is 2.07. The number of carbonyl (C=O) groups excluding carboxylic acids is 2. The topological polar surface area (TPSA) is 71.3 Å². The third-order valence-corrected chi connectivity index (χ3v) is 6.57. The van der Waals surface area contributed by atoms with Crippen molar-refractivity contribution in [2.45, 2.75) is 38.1 Å². The van der Waals surface area contributed by atoms with Gasteiger partial charge in [0, 0.05) is 56.3 Å². The number of likely N-dealkylation sites (tertiary alicyclic amines) is 2. The first-order valence-corrected chi connectivity index (χ1v) is 10.2. The van der Waals surface area contributed by atoms with Crippen LogP contribution in [0, 0.1) is 5.92 Å². The second-order valence-corrected chi connectivity index (χ2v) is 8.17. The number of hydrogen-bond acceptors (Lipinski definition) is 4. The number of amides is 2. The third-order valence-electron chi connectivity index (χ3n) is 6.57. The average molecular weight is 379 g/mol. The van der Waals surface area contributed by atoms with Gasteiger partial charge in [-0.2, -0.15) is 5.10 Å². The molecule has 0 radical (unpaired) electrons. The largest absolute Gasteiger partial charge is 0.335 e. The van der Waals surface area contributed by atoms with Crippen LogP contribution in [0.5, 0.6) is 0 Å². The molecule has 1 aliphatic carbocycles. The number of pyridine rings is 1. The lowest BCUT2D eigenvalue weighted by Crippen LogP contribution is -2.41. The van der Waals surface area contributed by atoms with Gasteiger partial charge < -0.3 is 9.80 Å². The van der Waals surface area contributed by atoms with Crippen LogP contribution in [-0.2, 0) is 19.9 Å². The summed E-state index contributed by atoms with van der Waals surface area (Å²) >= 11 is 0. The molecule has 0 spiro atoms. The van der Waals surface area contributed by atoms with Crippen molar-refractivity contribution in [3.63, 3.8) is 0 Å². The minimum absolute atomic E-state index is 0.0186. The van der Waals surface area contributed by atoms with Gasteiger partial charge in [-0.05, 0) is 44.2 Å². The fraction of sp³-hybridized carbons (Fsp3) is 0.524. The van der Waals surface area contributed by atoms with Gasteiger partial charge in [-0.15, -0.1) is 0 Å². The van der Waals surface area contributed by atoms with Crippen LogP contribution in [0.2, 0.25) is 0 Å². The van der Waals surface area contributed by atoms with Crippen molar-refractivity contribution in [2.24, 2.45) is 13.0 Å². The van der Waals surface area contributed by atoms with E-state index in [1.807, 2.05) is 21.5 Å². The number of aromatic nitrogens is 3. The molecule has 146 valence electrons. The van der Waals surface area contributed by atoms with Crippen molar-refractivity contribution in [3.8, 4) is 0 Å². The molecule has 7 nitrogen and oxygen atoms in total. The first-order valence-electron chi connectivity index (χ1n) is 10.2. The maximum Gasteiger partial charge on any atom is 0.274 e. The summed E-state index contributed by atoms with van der Waals surface area (Å²) in [7, 11) is 1.94. The fourth-order valence-corrected chi connectivity index (χ4v) is 5.13. The Hall–Kier alpha value is -2.70. The predicted octanol–water partition coefficient (Wildman–Crippen LogP) is 1.68. The Morgan fingerprint density at radius 2 is 2.00 bits per heavy atom. The molecule has 0 unspecified atom stereocenters. The summed E-state index contributed by atoms with van der Waals surface area (Å²) in [5, 5.41) is 4.57. The van der Waals surface area contributed by atoms with Crippen LogP contribution in [0.3, 0.4) is 0 Å². The van der Waals surface area contributed by atoms with Crippen molar-refractivity contribution in [2.75, 3.05) is 19.6 Å². The first-order chi connectivity index (χ1) is 13.6. The lowest BCUT2D eigenvalue weighted by atomic mass is 9.95. The van der Waals surface area contributed by atoms with Crippen molar-refractivity contribution >= 4 is 11.8 Å². The second-order valence-electron chi connectivity index (χ2n) is 8.17. The molecule has 2 aromatic rings. The van der Waals surface area contributed by atoms with Gasteiger partial charge in [0.15, 0.2) is 5.69 Å². The minimum Gasteiger partial charge on any atom is -0.335 e. The van der Waals surface area contributed by atoms with E-state index in [1.54, 1.807) is 24.5 Å².